The standard InChI is InChI=1S/C16H21N3O2/c1-11(19(2)3)12-6-8-13(9-7-12)14-10-15(20-4)18-16(17-14)21-5/h6-11H,1-5H3/t11-/m0/s1. The van der Waals surface area contributed by atoms with E-state index in [4.69, 9.17) is 9.47 Å². The van der Waals surface area contributed by atoms with Gasteiger partial charge >= 0.3 is 6.01 Å². The van der Waals surface area contributed by atoms with Crippen LogP contribution in [-0.4, -0.2) is 43.2 Å². The highest BCUT2D eigenvalue weighted by Crippen LogP contribution is 2.25. The van der Waals surface area contributed by atoms with Crippen molar-refractivity contribution in [3.05, 3.63) is 35.9 Å². The Morgan fingerprint density at radius 1 is 1.00 bits per heavy atom. The first-order valence-electron chi connectivity index (χ1n) is 6.79. The molecule has 0 spiro atoms. The molecule has 5 heteroatoms. The fraction of sp³-hybridized carbons (Fsp3) is 0.375. The average molecular weight is 287 g/mol. The number of hydrogen-bond donors (Lipinski definition) is 0. The maximum absolute atomic E-state index is 5.17. The van der Waals surface area contributed by atoms with Gasteiger partial charge in [0.2, 0.25) is 5.88 Å². The molecule has 0 amide bonds. The second kappa shape index (κ2) is 6.54. The Labute approximate surface area is 125 Å². The average Bonchev–Trinajstić information content (AvgIpc) is 2.53. The minimum absolute atomic E-state index is 0.301. The largest absolute Gasteiger partial charge is 0.481 e. The second-order valence-electron chi connectivity index (χ2n) is 5.04. The third-order valence-corrected chi connectivity index (χ3v) is 3.54. The molecule has 1 heterocycles. The first-order chi connectivity index (χ1) is 10.0. The van der Waals surface area contributed by atoms with Crippen molar-refractivity contribution in [1.82, 2.24) is 14.9 Å². The van der Waals surface area contributed by atoms with Gasteiger partial charge in [0.1, 0.15) is 0 Å². The summed E-state index contributed by atoms with van der Waals surface area (Å²) in [6.45, 7) is 2.17. The highest BCUT2D eigenvalue weighted by atomic mass is 16.5. The predicted molar refractivity (Wildman–Crippen MR) is 82.7 cm³/mol. The number of benzene rings is 1. The lowest BCUT2D eigenvalue weighted by Crippen LogP contribution is -2.16. The van der Waals surface area contributed by atoms with Crippen molar-refractivity contribution in [2.75, 3.05) is 28.3 Å². The van der Waals surface area contributed by atoms with Crippen LogP contribution in [0.15, 0.2) is 30.3 Å². The van der Waals surface area contributed by atoms with Gasteiger partial charge in [-0.3, -0.25) is 0 Å². The van der Waals surface area contributed by atoms with Crippen LogP contribution in [0.5, 0.6) is 11.9 Å². The van der Waals surface area contributed by atoms with E-state index in [-0.39, 0.29) is 0 Å². The molecular weight excluding hydrogens is 266 g/mol. The van der Waals surface area contributed by atoms with Gasteiger partial charge < -0.3 is 14.4 Å². The van der Waals surface area contributed by atoms with E-state index in [0.717, 1.165) is 11.3 Å². The maximum atomic E-state index is 5.17. The third-order valence-electron chi connectivity index (χ3n) is 3.54. The SMILES string of the molecule is COc1cc(-c2ccc([C@H](C)N(C)C)cc2)nc(OC)n1. The Bertz CT molecular complexity index is 575. The van der Waals surface area contributed by atoms with E-state index in [1.165, 1.54) is 5.56 Å². The molecule has 0 aliphatic heterocycles. The highest BCUT2D eigenvalue weighted by molar-refractivity contribution is 5.61. The van der Waals surface area contributed by atoms with Gasteiger partial charge in [0.05, 0.1) is 19.9 Å². The fourth-order valence-electron chi connectivity index (χ4n) is 1.98. The van der Waals surface area contributed by atoms with Crippen molar-refractivity contribution in [2.24, 2.45) is 0 Å². The van der Waals surface area contributed by atoms with Crippen molar-refractivity contribution in [1.29, 1.82) is 0 Å². The Kier molecular flexibility index (Phi) is 4.75. The van der Waals surface area contributed by atoms with Crippen LogP contribution in [-0.2, 0) is 0 Å². The topological polar surface area (TPSA) is 47.5 Å². The first kappa shape index (κ1) is 15.3. The van der Waals surface area contributed by atoms with Crippen molar-refractivity contribution in [2.45, 2.75) is 13.0 Å². The van der Waals surface area contributed by atoms with Gasteiger partial charge in [0, 0.05) is 17.7 Å². The first-order valence-corrected chi connectivity index (χ1v) is 6.79. The van der Waals surface area contributed by atoms with Gasteiger partial charge in [-0.2, -0.15) is 9.97 Å². The summed E-state index contributed by atoms with van der Waals surface area (Å²) < 4.78 is 10.3. The molecule has 0 saturated carbocycles. The fourth-order valence-corrected chi connectivity index (χ4v) is 1.98. The lowest BCUT2D eigenvalue weighted by Gasteiger charge is -2.20. The van der Waals surface area contributed by atoms with E-state index in [2.05, 4.69) is 60.2 Å². The van der Waals surface area contributed by atoms with E-state index in [0.29, 0.717) is 17.9 Å². The van der Waals surface area contributed by atoms with Crippen LogP contribution in [0.1, 0.15) is 18.5 Å². The minimum atomic E-state index is 0.301. The van der Waals surface area contributed by atoms with Crippen LogP contribution in [0, 0.1) is 0 Å². The van der Waals surface area contributed by atoms with Gasteiger partial charge in [0.25, 0.3) is 0 Å². The van der Waals surface area contributed by atoms with E-state index in [1.807, 2.05) is 0 Å². The monoisotopic (exact) mass is 287 g/mol. The molecular formula is C16H21N3O2. The number of hydrogen-bond acceptors (Lipinski definition) is 5. The van der Waals surface area contributed by atoms with Crippen molar-refractivity contribution >= 4 is 0 Å². The third kappa shape index (κ3) is 3.49. The van der Waals surface area contributed by atoms with Crippen molar-refractivity contribution in [3.8, 4) is 23.1 Å². The van der Waals surface area contributed by atoms with Gasteiger partial charge in [-0.25, -0.2) is 0 Å². The van der Waals surface area contributed by atoms with Crippen LogP contribution in [0.2, 0.25) is 0 Å². The van der Waals surface area contributed by atoms with Crippen LogP contribution in [0.25, 0.3) is 11.3 Å². The zero-order valence-electron chi connectivity index (χ0n) is 13.1. The Balaban J connectivity index is 2.34. The molecule has 5 nitrogen and oxygen atoms in total. The number of nitrogens with zero attached hydrogens (tertiary/aromatic N) is 3. The quantitative estimate of drug-likeness (QED) is 0.846. The zero-order chi connectivity index (χ0) is 15.4. The zero-order valence-corrected chi connectivity index (χ0v) is 13.1. The van der Waals surface area contributed by atoms with Gasteiger partial charge in [-0.1, -0.05) is 24.3 Å². The smallest absolute Gasteiger partial charge is 0.320 e. The molecule has 1 aromatic heterocycles. The predicted octanol–water partition coefficient (Wildman–Crippen LogP) is 2.78. The summed E-state index contributed by atoms with van der Waals surface area (Å²) in [6.07, 6.45) is 0. The molecule has 2 rings (SSSR count). The Morgan fingerprint density at radius 3 is 2.19 bits per heavy atom. The van der Waals surface area contributed by atoms with E-state index < -0.39 is 0 Å². The molecule has 0 fully saturated rings. The lowest BCUT2D eigenvalue weighted by atomic mass is 10.0. The van der Waals surface area contributed by atoms with Crippen LogP contribution in [0.3, 0.4) is 0 Å². The molecule has 0 aliphatic carbocycles. The van der Waals surface area contributed by atoms with E-state index in [9.17, 15) is 0 Å². The molecule has 0 saturated heterocycles. The lowest BCUT2D eigenvalue weighted by molar-refractivity contribution is 0.321. The minimum Gasteiger partial charge on any atom is -0.481 e. The molecule has 112 valence electrons. The molecule has 0 aliphatic rings. The van der Waals surface area contributed by atoms with Crippen LogP contribution < -0.4 is 9.47 Å². The Morgan fingerprint density at radius 2 is 1.67 bits per heavy atom. The normalized spacial score (nSPS) is 12.3. The van der Waals surface area contributed by atoms with Gasteiger partial charge in [-0.15, -0.1) is 0 Å². The summed E-state index contributed by atoms with van der Waals surface area (Å²) in [6, 6.07) is 10.8. The molecule has 1 atom stereocenters. The van der Waals surface area contributed by atoms with Gasteiger partial charge in [0.15, 0.2) is 0 Å². The van der Waals surface area contributed by atoms with Crippen molar-refractivity contribution in [3.63, 3.8) is 0 Å². The number of methoxy groups -OCH3 is 2. The maximum Gasteiger partial charge on any atom is 0.320 e. The van der Waals surface area contributed by atoms with Crippen LogP contribution >= 0.6 is 0 Å². The molecule has 1 aromatic carbocycles. The summed E-state index contributed by atoms with van der Waals surface area (Å²) in [5.41, 5.74) is 3.04. The number of rotatable bonds is 5. The number of ether oxygens (including phenoxy) is 2. The number of aromatic nitrogens is 2. The molecule has 0 N–H and O–H groups in total. The van der Waals surface area contributed by atoms with E-state index >= 15 is 0 Å². The van der Waals surface area contributed by atoms with Gasteiger partial charge in [-0.05, 0) is 26.6 Å². The highest BCUT2D eigenvalue weighted by Gasteiger charge is 2.10. The summed E-state index contributed by atoms with van der Waals surface area (Å²) in [4.78, 5) is 10.6. The van der Waals surface area contributed by atoms with Crippen LogP contribution in [0.4, 0.5) is 0 Å². The molecule has 2 aromatic rings. The Hall–Kier alpha value is -2.14. The molecule has 0 bridgehead atoms. The summed E-state index contributed by atoms with van der Waals surface area (Å²) in [5.74, 6) is 0.489. The second-order valence-corrected chi connectivity index (χ2v) is 5.04. The summed E-state index contributed by atoms with van der Waals surface area (Å²) in [5, 5.41) is 0. The summed E-state index contributed by atoms with van der Waals surface area (Å²) in [7, 11) is 7.26. The van der Waals surface area contributed by atoms with E-state index in [1.54, 1.807) is 20.3 Å². The molecule has 0 radical (unpaired) electrons. The van der Waals surface area contributed by atoms with Crippen molar-refractivity contribution < 1.29 is 9.47 Å². The summed E-state index contributed by atoms with van der Waals surface area (Å²) >= 11 is 0. The molecule has 0 unspecified atom stereocenters. The molecule has 21 heavy (non-hydrogen) atoms.